The number of fused-ring (bicyclic) bond motifs is 1. The van der Waals surface area contributed by atoms with Crippen molar-refractivity contribution >= 4 is 27.4 Å². The van der Waals surface area contributed by atoms with E-state index in [-0.39, 0.29) is 23.9 Å². The third-order valence-corrected chi connectivity index (χ3v) is 6.33. The van der Waals surface area contributed by atoms with Gasteiger partial charge in [0.2, 0.25) is 10.1 Å². The molecular weight excluding hydrogens is 381 g/mol. The van der Waals surface area contributed by atoms with Crippen molar-refractivity contribution in [2.24, 2.45) is 0 Å². The molecule has 0 N–H and O–H groups in total. The lowest BCUT2D eigenvalue weighted by molar-refractivity contribution is -0.144. The van der Waals surface area contributed by atoms with Gasteiger partial charge in [0, 0.05) is 38.2 Å². The Morgan fingerprint density at radius 2 is 1.93 bits per heavy atom. The predicted octanol–water partition coefficient (Wildman–Crippen LogP) is 2.42. The second-order valence-corrected chi connectivity index (χ2v) is 8.20. The molecule has 0 spiro atoms. The molecule has 2 aromatic heterocycles. The second-order valence-electron chi connectivity index (χ2n) is 7.27. The lowest BCUT2D eigenvalue weighted by Crippen LogP contribution is -2.51. The highest BCUT2D eigenvalue weighted by Gasteiger charge is 2.37. The fourth-order valence-electron chi connectivity index (χ4n) is 3.84. The van der Waals surface area contributed by atoms with E-state index in [0.717, 1.165) is 53.9 Å². The molecule has 0 aliphatic carbocycles. The van der Waals surface area contributed by atoms with Gasteiger partial charge in [-0.15, -0.1) is 5.10 Å². The van der Waals surface area contributed by atoms with Crippen molar-refractivity contribution in [3.8, 4) is 11.3 Å². The molecule has 2 atom stereocenters. The zero-order chi connectivity index (χ0) is 19.3. The SMILES string of the molecule is CC1CC(N2CCN(c3nn4cc(-c5ccc(F)cc5)nc4s3)CC2)C(=O)O1. The van der Waals surface area contributed by atoms with Gasteiger partial charge in [0.15, 0.2) is 0 Å². The summed E-state index contributed by atoms with van der Waals surface area (Å²) in [4.78, 5) is 21.8. The number of anilines is 1. The van der Waals surface area contributed by atoms with Gasteiger partial charge in [-0.1, -0.05) is 11.3 Å². The average molecular weight is 401 g/mol. The standard InChI is InChI=1S/C19H20FN5O2S/c1-12-10-16(17(26)27-12)23-6-8-24(9-7-23)19-22-25-11-15(21-18(25)28-19)13-2-4-14(20)5-3-13/h2-5,11-12,16H,6-10H2,1H3. The van der Waals surface area contributed by atoms with Crippen LogP contribution in [0.15, 0.2) is 30.5 Å². The zero-order valence-electron chi connectivity index (χ0n) is 15.4. The van der Waals surface area contributed by atoms with E-state index in [1.165, 1.54) is 23.5 Å². The van der Waals surface area contributed by atoms with Gasteiger partial charge in [0.25, 0.3) is 0 Å². The van der Waals surface area contributed by atoms with E-state index in [4.69, 9.17) is 4.74 Å². The molecule has 2 saturated heterocycles. The van der Waals surface area contributed by atoms with Crippen LogP contribution in [-0.2, 0) is 9.53 Å². The summed E-state index contributed by atoms with van der Waals surface area (Å²) in [5.41, 5.74) is 1.65. The molecule has 2 unspecified atom stereocenters. The molecule has 28 heavy (non-hydrogen) atoms. The minimum absolute atomic E-state index is 0.0116. The molecule has 0 saturated carbocycles. The lowest BCUT2D eigenvalue weighted by Gasteiger charge is -2.36. The molecule has 2 aliphatic heterocycles. The molecule has 0 bridgehead atoms. The largest absolute Gasteiger partial charge is 0.461 e. The minimum Gasteiger partial charge on any atom is -0.461 e. The Balaban J connectivity index is 1.28. The van der Waals surface area contributed by atoms with Crippen LogP contribution in [-0.4, -0.2) is 63.8 Å². The minimum atomic E-state index is -0.260. The number of piperazine rings is 1. The van der Waals surface area contributed by atoms with E-state index >= 15 is 0 Å². The van der Waals surface area contributed by atoms with Gasteiger partial charge in [-0.3, -0.25) is 9.69 Å². The van der Waals surface area contributed by atoms with E-state index in [2.05, 4.69) is 19.9 Å². The Kier molecular flexibility index (Phi) is 4.28. The fraction of sp³-hybridized carbons (Fsp3) is 0.421. The van der Waals surface area contributed by atoms with Gasteiger partial charge in [-0.25, -0.2) is 13.9 Å². The van der Waals surface area contributed by atoms with Crippen LogP contribution >= 0.6 is 11.3 Å². The van der Waals surface area contributed by atoms with Crippen LogP contribution in [0.4, 0.5) is 9.52 Å². The molecule has 9 heteroatoms. The molecule has 2 aliphatic rings. The van der Waals surface area contributed by atoms with Crippen molar-refractivity contribution in [2.45, 2.75) is 25.5 Å². The summed E-state index contributed by atoms with van der Waals surface area (Å²) in [6.45, 7) is 5.21. The quantitative estimate of drug-likeness (QED) is 0.628. The molecular formula is C19H20FN5O2S. The molecule has 0 amide bonds. The summed E-state index contributed by atoms with van der Waals surface area (Å²) in [5.74, 6) is -0.355. The van der Waals surface area contributed by atoms with Gasteiger partial charge >= 0.3 is 5.97 Å². The van der Waals surface area contributed by atoms with E-state index in [1.807, 2.05) is 13.1 Å². The Bertz CT molecular complexity index is 978. The Morgan fingerprint density at radius 3 is 2.57 bits per heavy atom. The molecule has 0 radical (unpaired) electrons. The number of carbonyl (C=O) groups excluding carboxylic acids is 1. The molecule has 1 aromatic carbocycles. The van der Waals surface area contributed by atoms with Crippen LogP contribution in [0.2, 0.25) is 0 Å². The number of rotatable bonds is 3. The maximum Gasteiger partial charge on any atom is 0.323 e. The first-order chi connectivity index (χ1) is 13.6. The molecule has 146 valence electrons. The summed E-state index contributed by atoms with van der Waals surface area (Å²) in [5, 5.41) is 5.59. The number of halogens is 1. The van der Waals surface area contributed by atoms with E-state index in [9.17, 15) is 9.18 Å². The van der Waals surface area contributed by atoms with Crippen molar-refractivity contribution in [1.82, 2.24) is 19.5 Å². The molecule has 7 nitrogen and oxygen atoms in total. The third-order valence-electron chi connectivity index (χ3n) is 5.34. The number of esters is 1. The summed E-state index contributed by atoms with van der Waals surface area (Å²) >= 11 is 1.54. The second kappa shape index (κ2) is 6.82. The Hall–Kier alpha value is -2.52. The maximum atomic E-state index is 13.1. The number of aromatic nitrogens is 3. The summed E-state index contributed by atoms with van der Waals surface area (Å²) < 4.78 is 20.2. The van der Waals surface area contributed by atoms with Crippen molar-refractivity contribution < 1.29 is 13.9 Å². The zero-order valence-corrected chi connectivity index (χ0v) is 16.2. The number of ether oxygens (including phenoxy) is 1. The van der Waals surface area contributed by atoms with Crippen LogP contribution in [0.5, 0.6) is 0 Å². The highest BCUT2D eigenvalue weighted by Crippen LogP contribution is 2.28. The number of hydrogen-bond donors (Lipinski definition) is 0. The highest BCUT2D eigenvalue weighted by molar-refractivity contribution is 7.20. The molecule has 5 rings (SSSR count). The van der Waals surface area contributed by atoms with E-state index in [1.54, 1.807) is 16.6 Å². The first-order valence-electron chi connectivity index (χ1n) is 9.38. The summed E-state index contributed by atoms with van der Waals surface area (Å²) in [6.07, 6.45) is 2.66. The van der Waals surface area contributed by atoms with Gasteiger partial charge in [-0.2, -0.15) is 0 Å². The number of carbonyl (C=O) groups is 1. The Labute approximate surface area is 165 Å². The number of nitrogens with zero attached hydrogens (tertiary/aromatic N) is 5. The van der Waals surface area contributed by atoms with Crippen LogP contribution in [0.3, 0.4) is 0 Å². The van der Waals surface area contributed by atoms with Crippen molar-refractivity contribution in [1.29, 1.82) is 0 Å². The number of cyclic esters (lactones) is 1. The number of hydrogen-bond acceptors (Lipinski definition) is 7. The smallest absolute Gasteiger partial charge is 0.323 e. The van der Waals surface area contributed by atoms with Gasteiger partial charge in [0.05, 0.1) is 11.9 Å². The summed E-state index contributed by atoms with van der Waals surface area (Å²) in [6, 6.07) is 6.20. The molecule has 2 fully saturated rings. The van der Waals surface area contributed by atoms with Crippen LogP contribution in [0.1, 0.15) is 13.3 Å². The number of imidazole rings is 1. The van der Waals surface area contributed by atoms with E-state index < -0.39 is 0 Å². The van der Waals surface area contributed by atoms with E-state index in [0.29, 0.717) is 0 Å². The van der Waals surface area contributed by atoms with Crippen molar-refractivity contribution in [2.75, 3.05) is 31.1 Å². The first-order valence-corrected chi connectivity index (χ1v) is 10.2. The van der Waals surface area contributed by atoms with Crippen LogP contribution < -0.4 is 4.90 Å². The normalized spacial score (nSPS) is 23.5. The topological polar surface area (TPSA) is 63.0 Å². The maximum absolute atomic E-state index is 13.1. The fourth-order valence-corrected chi connectivity index (χ4v) is 4.77. The summed E-state index contributed by atoms with van der Waals surface area (Å²) in [7, 11) is 0. The van der Waals surface area contributed by atoms with Crippen molar-refractivity contribution in [3.05, 3.63) is 36.3 Å². The third kappa shape index (κ3) is 3.14. The highest BCUT2D eigenvalue weighted by atomic mass is 32.1. The number of benzene rings is 1. The first kappa shape index (κ1) is 17.6. The molecule has 4 heterocycles. The van der Waals surface area contributed by atoms with Gasteiger partial charge in [-0.05, 0) is 31.2 Å². The van der Waals surface area contributed by atoms with Crippen LogP contribution in [0.25, 0.3) is 16.2 Å². The Morgan fingerprint density at radius 1 is 1.18 bits per heavy atom. The van der Waals surface area contributed by atoms with Gasteiger partial charge in [0.1, 0.15) is 18.0 Å². The van der Waals surface area contributed by atoms with Gasteiger partial charge < -0.3 is 9.64 Å². The predicted molar refractivity (Wildman–Crippen MR) is 104 cm³/mol. The van der Waals surface area contributed by atoms with Crippen LogP contribution in [0, 0.1) is 5.82 Å². The average Bonchev–Trinajstić information content (AvgIpc) is 3.35. The monoisotopic (exact) mass is 401 g/mol. The molecule has 3 aromatic rings. The lowest BCUT2D eigenvalue weighted by atomic mass is 10.1. The van der Waals surface area contributed by atoms with Crippen molar-refractivity contribution in [3.63, 3.8) is 0 Å².